The smallest absolute Gasteiger partial charge is 0.238 e. The molecule has 7 heteroatoms. The number of nitrogens with zero attached hydrogens (tertiary/aromatic N) is 1. The Morgan fingerprint density at radius 3 is 2.59 bits per heavy atom. The van der Waals surface area contributed by atoms with Crippen molar-refractivity contribution < 1.29 is 13.2 Å². The molecule has 0 aromatic rings. The zero-order valence-corrected chi connectivity index (χ0v) is 10.4. The molecule has 1 aliphatic heterocycles. The highest BCUT2D eigenvalue weighted by molar-refractivity contribution is 7.91. The summed E-state index contributed by atoms with van der Waals surface area (Å²) < 4.78 is 22.7. The van der Waals surface area contributed by atoms with E-state index >= 15 is 0 Å². The third-order valence-electron chi connectivity index (χ3n) is 3.34. The summed E-state index contributed by atoms with van der Waals surface area (Å²) in [5.74, 6) is -0.268. The van der Waals surface area contributed by atoms with Crippen molar-refractivity contribution in [2.75, 3.05) is 12.8 Å². The molecule has 1 amide bonds. The number of rotatable bonds is 3. The summed E-state index contributed by atoms with van der Waals surface area (Å²) in [6, 6.07) is 1.57. The summed E-state index contributed by atoms with van der Waals surface area (Å²) in [7, 11) is -3.11. The maximum Gasteiger partial charge on any atom is 0.238 e. The van der Waals surface area contributed by atoms with E-state index in [9.17, 15) is 13.2 Å². The normalized spacial score (nSPS) is 30.6. The maximum absolute atomic E-state index is 11.8. The van der Waals surface area contributed by atoms with Crippen LogP contribution in [0, 0.1) is 11.3 Å². The summed E-state index contributed by atoms with van der Waals surface area (Å²) in [5, 5.41) is 13.9. The van der Waals surface area contributed by atoms with Gasteiger partial charge in [0.2, 0.25) is 5.91 Å². The van der Waals surface area contributed by atoms with Crippen LogP contribution in [0.2, 0.25) is 0 Å². The summed E-state index contributed by atoms with van der Waals surface area (Å²) in [6.45, 7) is 0.302. The van der Waals surface area contributed by atoms with Crippen LogP contribution in [0.25, 0.3) is 0 Å². The van der Waals surface area contributed by atoms with Crippen molar-refractivity contribution in [3.05, 3.63) is 0 Å². The molecule has 6 nitrogen and oxygen atoms in total. The molecule has 2 atom stereocenters. The van der Waals surface area contributed by atoms with Gasteiger partial charge in [0.25, 0.3) is 0 Å². The van der Waals surface area contributed by atoms with Crippen LogP contribution in [-0.4, -0.2) is 44.0 Å². The largest absolute Gasteiger partial charge is 0.336 e. The van der Waals surface area contributed by atoms with Crippen molar-refractivity contribution in [2.24, 2.45) is 0 Å². The van der Waals surface area contributed by atoms with Crippen molar-refractivity contribution >= 4 is 15.7 Å². The van der Waals surface area contributed by atoms with Gasteiger partial charge in [0.05, 0.1) is 17.4 Å². The Kier molecular flexibility index (Phi) is 2.87. The highest BCUT2D eigenvalue weighted by atomic mass is 32.2. The Morgan fingerprint density at radius 2 is 2.18 bits per heavy atom. The van der Waals surface area contributed by atoms with Crippen molar-refractivity contribution in [3.8, 4) is 6.07 Å². The first-order chi connectivity index (χ1) is 7.86. The first-order valence-electron chi connectivity index (χ1n) is 5.52. The van der Waals surface area contributed by atoms with Gasteiger partial charge in [-0.2, -0.15) is 5.26 Å². The Balaban J connectivity index is 1.93. The van der Waals surface area contributed by atoms with Gasteiger partial charge in [-0.05, 0) is 19.3 Å². The quantitative estimate of drug-likeness (QED) is 0.671. The lowest BCUT2D eigenvalue weighted by atomic mass is 10.2. The van der Waals surface area contributed by atoms with Gasteiger partial charge >= 0.3 is 0 Å². The van der Waals surface area contributed by atoms with Crippen LogP contribution < -0.4 is 10.6 Å². The molecule has 0 aromatic heterocycles. The third-order valence-corrected chi connectivity index (χ3v) is 4.91. The number of hydrogen-bond donors (Lipinski definition) is 2. The molecule has 94 valence electrons. The lowest BCUT2D eigenvalue weighted by molar-refractivity contribution is -0.123. The molecule has 2 N–H and O–H groups in total. The molecular weight excluding hydrogens is 242 g/mol. The molecule has 0 aromatic carbocycles. The molecule has 0 bridgehead atoms. The fraction of sp³-hybridized carbons (Fsp3) is 0.800. The van der Waals surface area contributed by atoms with Crippen molar-refractivity contribution in [2.45, 2.75) is 36.1 Å². The minimum absolute atomic E-state index is 0.268. The fourth-order valence-corrected chi connectivity index (χ4v) is 2.88. The molecule has 2 aliphatic rings. The second-order valence-electron chi connectivity index (χ2n) is 4.83. The van der Waals surface area contributed by atoms with Gasteiger partial charge in [-0.3, -0.25) is 4.79 Å². The summed E-state index contributed by atoms with van der Waals surface area (Å²) >= 11 is 0. The van der Waals surface area contributed by atoms with E-state index in [1.54, 1.807) is 0 Å². The van der Waals surface area contributed by atoms with E-state index in [0.29, 0.717) is 19.4 Å². The van der Waals surface area contributed by atoms with Gasteiger partial charge in [0.15, 0.2) is 9.84 Å². The number of nitrogens with one attached hydrogen (secondary N) is 2. The maximum atomic E-state index is 11.8. The second kappa shape index (κ2) is 3.96. The average Bonchev–Trinajstić information content (AvgIpc) is 2.81. The van der Waals surface area contributed by atoms with Crippen molar-refractivity contribution in [3.63, 3.8) is 0 Å². The molecule has 1 saturated carbocycles. The number of carbonyl (C=O) groups excluding carboxylic acids is 1. The SMILES string of the molecule is CS(=O)(=O)[C@H]1CN[C@H](C(=O)NC2(C#N)CC2)C1. The zero-order chi connectivity index (χ0) is 12.7. The van der Waals surface area contributed by atoms with Gasteiger partial charge < -0.3 is 10.6 Å². The fourth-order valence-electron chi connectivity index (χ4n) is 1.94. The number of sulfone groups is 1. The minimum Gasteiger partial charge on any atom is -0.336 e. The third kappa shape index (κ3) is 2.58. The summed E-state index contributed by atoms with van der Waals surface area (Å²) in [5.41, 5.74) is -0.693. The van der Waals surface area contributed by atoms with Crippen LogP contribution in [0.3, 0.4) is 0 Å². The first kappa shape index (κ1) is 12.3. The van der Waals surface area contributed by atoms with Crippen molar-refractivity contribution in [1.29, 1.82) is 5.26 Å². The predicted molar refractivity (Wildman–Crippen MR) is 60.8 cm³/mol. The second-order valence-corrected chi connectivity index (χ2v) is 7.16. The molecule has 0 radical (unpaired) electrons. The number of nitriles is 1. The zero-order valence-electron chi connectivity index (χ0n) is 9.56. The Bertz CT molecular complexity index is 476. The number of hydrogen-bond acceptors (Lipinski definition) is 5. The monoisotopic (exact) mass is 257 g/mol. The van der Waals surface area contributed by atoms with Gasteiger partial charge in [-0.1, -0.05) is 0 Å². The van der Waals surface area contributed by atoms with E-state index in [2.05, 4.69) is 16.7 Å². The van der Waals surface area contributed by atoms with E-state index < -0.39 is 26.7 Å². The minimum atomic E-state index is -3.11. The van der Waals surface area contributed by atoms with Gasteiger partial charge in [0.1, 0.15) is 5.54 Å². The Hall–Kier alpha value is -1.13. The van der Waals surface area contributed by atoms with Crippen LogP contribution >= 0.6 is 0 Å². The van der Waals surface area contributed by atoms with Gasteiger partial charge in [0, 0.05) is 12.8 Å². The number of carbonyl (C=O) groups is 1. The lowest BCUT2D eigenvalue weighted by Crippen LogP contribution is -2.45. The van der Waals surface area contributed by atoms with Crippen LogP contribution in [0.4, 0.5) is 0 Å². The molecule has 17 heavy (non-hydrogen) atoms. The van der Waals surface area contributed by atoms with E-state index in [1.807, 2.05) is 0 Å². The predicted octanol–water partition coefficient (Wildman–Crippen LogP) is -1.07. The van der Waals surface area contributed by atoms with E-state index in [0.717, 1.165) is 0 Å². The number of amides is 1. The van der Waals surface area contributed by atoms with Gasteiger partial charge in [-0.15, -0.1) is 0 Å². The Labute approximate surface area is 100 Å². The summed E-state index contributed by atoms with van der Waals surface area (Å²) in [6.07, 6.45) is 2.82. The molecule has 2 fully saturated rings. The molecule has 1 saturated heterocycles. The molecule has 0 spiro atoms. The first-order valence-corrected chi connectivity index (χ1v) is 7.47. The molecule has 1 heterocycles. The molecule has 2 rings (SSSR count). The average molecular weight is 257 g/mol. The van der Waals surface area contributed by atoms with Crippen LogP contribution in [0.1, 0.15) is 19.3 Å². The molecule has 1 aliphatic carbocycles. The highest BCUT2D eigenvalue weighted by Gasteiger charge is 2.46. The topological polar surface area (TPSA) is 99.1 Å². The van der Waals surface area contributed by atoms with Crippen LogP contribution in [0.15, 0.2) is 0 Å². The molecular formula is C10H15N3O3S. The summed E-state index contributed by atoms with van der Waals surface area (Å²) in [4.78, 5) is 11.8. The van der Waals surface area contributed by atoms with E-state index in [1.165, 1.54) is 6.26 Å². The van der Waals surface area contributed by atoms with Crippen LogP contribution in [-0.2, 0) is 14.6 Å². The molecule has 0 unspecified atom stereocenters. The van der Waals surface area contributed by atoms with Gasteiger partial charge in [-0.25, -0.2) is 8.42 Å². The van der Waals surface area contributed by atoms with E-state index in [-0.39, 0.29) is 12.3 Å². The van der Waals surface area contributed by atoms with Crippen molar-refractivity contribution in [1.82, 2.24) is 10.6 Å². The van der Waals surface area contributed by atoms with Crippen LogP contribution in [0.5, 0.6) is 0 Å². The standard InChI is InChI=1S/C10H15N3O3S/c1-17(15,16)7-4-8(12-5-7)9(14)13-10(6-11)2-3-10/h7-8,12H,2-5H2,1H3,(H,13,14)/t7-,8+/m1/s1. The highest BCUT2D eigenvalue weighted by Crippen LogP contribution is 2.34. The lowest BCUT2D eigenvalue weighted by Gasteiger charge is -2.14. The Morgan fingerprint density at radius 1 is 1.53 bits per heavy atom. The van der Waals surface area contributed by atoms with E-state index in [4.69, 9.17) is 5.26 Å².